The lowest BCUT2D eigenvalue weighted by molar-refractivity contribution is 0.211. The van der Waals surface area contributed by atoms with Crippen molar-refractivity contribution in [1.82, 2.24) is 9.62 Å². The lowest BCUT2D eigenvalue weighted by atomic mass is 9.99. The molecule has 0 spiro atoms. The van der Waals surface area contributed by atoms with Gasteiger partial charge < -0.3 is 4.90 Å². The van der Waals surface area contributed by atoms with E-state index in [9.17, 15) is 16.8 Å². The molecule has 0 radical (unpaired) electrons. The Labute approximate surface area is 142 Å². The molecule has 0 aromatic heterocycles. The summed E-state index contributed by atoms with van der Waals surface area (Å²) in [6.45, 7) is 2.16. The van der Waals surface area contributed by atoms with Crippen LogP contribution < -0.4 is 4.72 Å². The highest BCUT2D eigenvalue weighted by atomic mass is 35.5. The zero-order valence-electron chi connectivity index (χ0n) is 13.1. The summed E-state index contributed by atoms with van der Waals surface area (Å²) in [6, 6.07) is 3.70. The highest BCUT2D eigenvalue weighted by molar-refractivity contribution is 7.91. The predicted octanol–water partition coefficient (Wildman–Crippen LogP) is 1.36. The van der Waals surface area contributed by atoms with E-state index in [4.69, 9.17) is 11.6 Å². The van der Waals surface area contributed by atoms with Crippen molar-refractivity contribution in [2.24, 2.45) is 5.92 Å². The average molecular weight is 381 g/mol. The van der Waals surface area contributed by atoms with Crippen LogP contribution in [0.5, 0.6) is 0 Å². The van der Waals surface area contributed by atoms with E-state index in [-0.39, 0.29) is 20.7 Å². The Balaban J connectivity index is 2.19. The molecule has 1 unspecified atom stereocenters. The quantitative estimate of drug-likeness (QED) is 0.833. The van der Waals surface area contributed by atoms with E-state index in [1.165, 1.54) is 12.1 Å². The van der Waals surface area contributed by atoms with Crippen LogP contribution in [0.4, 0.5) is 0 Å². The van der Waals surface area contributed by atoms with E-state index in [1.54, 1.807) is 0 Å². The molecule has 1 aromatic carbocycles. The van der Waals surface area contributed by atoms with Crippen molar-refractivity contribution in [1.29, 1.82) is 0 Å². The number of nitrogens with zero attached hydrogens (tertiary/aromatic N) is 1. The molecule has 1 atom stereocenters. The third-order valence-corrected chi connectivity index (χ3v) is 6.92. The fourth-order valence-electron chi connectivity index (χ4n) is 2.67. The molecule has 0 aliphatic carbocycles. The van der Waals surface area contributed by atoms with Gasteiger partial charge >= 0.3 is 0 Å². The number of piperidine rings is 1. The Kier molecular flexibility index (Phi) is 5.73. The number of sulfonamides is 1. The molecular formula is C14H21ClN2O4S2. The molecule has 6 nitrogen and oxygen atoms in total. The summed E-state index contributed by atoms with van der Waals surface area (Å²) < 4.78 is 50.7. The van der Waals surface area contributed by atoms with Crippen molar-refractivity contribution in [3.63, 3.8) is 0 Å². The number of halogens is 1. The van der Waals surface area contributed by atoms with Crippen LogP contribution in [0.25, 0.3) is 0 Å². The number of nitrogens with one attached hydrogen (secondary N) is 1. The molecule has 2 rings (SSSR count). The first-order valence-corrected chi connectivity index (χ1v) is 11.0. The highest BCUT2D eigenvalue weighted by Crippen LogP contribution is 2.25. The van der Waals surface area contributed by atoms with Crippen molar-refractivity contribution < 1.29 is 16.8 Å². The molecule has 9 heteroatoms. The van der Waals surface area contributed by atoms with Gasteiger partial charge in [0.1, 0.15) is 4.90 Å². The maximum atomic E-state index is 12.5. The largest absolute Gasteiger partial charge is 0.306 e. The lowest BCUT2D eigenvalue weighted by Crippen LogP contribution is -2.39. The summed E-state index contributed by atoms with van der Waals surface area (Å²) in [4.78, 5) is 1.89. The van der Waals surface area contributed by atoms with Crippen molar-refractivity contribution in [2.45, 2.75) is 22.6 Å². The molecular weight excluding hydrogens is 360 g/mol. The van der Waals surface area contributed by atoms with Gasteiger partial charge in [-0.05, 0) is 50.6 Å². The predicted molar refractivity (Wildman–Crippen MR) is 90.0 cm³/mol. The second kappa shape index (κ2) is 7.06. The number of benzene rings is 1. The second-order valence-corrected chi connectivity index (χ2v) is 10.1. The Morgan fingerprint density at radius 1 is 1.30 bits per heavy atom. The molecule has 1 heterocycles. The Morgan fingerprint density at radius 3 is 2.61 bits per heavy atom. The number of rotatable bonds is 5. The number of hydrogen-bond acceptors (Lipinski definition) is 5. The van der Waals surface area contributed by atoms with Gasteiger partial charge in [-0.25, -0.2) is 21.6 Å². The SMILES string of the molecule is CN1CCCC(CNS(=O)(=O)c2cc(S(C)(=O)=O)ccc2Cl)C1. The summed E-state index contributed by atoms with van der Waals surface area (Å²) in [5, 5.41) is 0.00524. The van der Waals surface area contributed by atoms with Gasteiger partial charge in [-0.3, -0.25) is 0 Å². The van der Waals surface area contributed by atoms with E-state index in [0.717, 1.165) is 38.3 Å². The van der Waals surface area contributed by atoms with Crippen LogP contribution in [0.15, 0.2) is 28.0 Å². The van der Waals surface area contributed by atoms with E-state index >= 15 is 0 Å². The van der Waals surface area contributed by atoms with E-state index in [1.807, 2.05) is 7.05 Å². The van der Waals surface area contributed by atoms with Gasteiger partial charge in [-0.15, -0.1) is 0 Å². The van der Waals surface area contributed by atoms with E-state index < -0.39 is 19.9 Å². The summed E-state index contributed by atoms with van der Waals surface area (Å²) >= 11 is 5.95. The topological polar surface area (TPSA) is 83.6 Å². The molecule has 0 amide bonds. The summed E-state index contributed by atoms with van der Waals surface area (Å²) in [5.74, 6) is 0.236. The summed E-state index contributed by atoms with van der Waals surface area (Å²) in [6.07, 6.45) is 3.02. The zero-order chi connectivity index (χ0) is 17.3. The van der Waals surface area contributed by atoms with Gasteiger partial charge in [-0.1, -0.05) is 11.6 Å². The van der Waals surface area contributed by atoms with Crippen LogP contribution in [0.2, 0.25) is 5.02 Å². The van der Waals surface area contributed by atoms with Gasteiger partial charge in [0.2, 0.25) is 10.0 Å². The first-order valence-electron chi connectivity index (χ1n) is 7.27. The molecule has 130 valence electrons. The molecule has 0 saturated carbocycles. The van der Waals surface area contributed by atoms with Crippen molar-refractivity contribution in [2.75, 3.05) is 32.9 Å². The Morgan fingerprint density at radius 2 is 2.00 bits per heavy atom. The van der Waals surface area contributed by atoms with Gasteiger partial charge in [-0.2, -0.15) is 0 Å². The van der Waals surface area contributed by atoms with Crippen molar-refractivity contribution in [3.05, 3.63) is 23.2 Å². The van der Waals surface area contributed by atoms with Gasteiger partial charge in [0.25, 0.3) is 0 Å². The van der Waals surface area contributed by atoms with Crippen molar-refractivity contribution >= 4 is 31.5 Å². The average Bonchev–Trinajstić information content (AvgIpc) is 2.44. The molecule has 23 heavy (non-hydrogen) atoms. The fraction of sp³-hybridized carbons (Fsp3) is 0.571. The minimum atomic E-state index is -3.86. The smallest absolute Gasteiger partial charge is 0.242 e. The molecule has 1 aliphatic rings. The first-order chi connectivity index (χ1) is 10.6. The lowest BCUT2D eigenvalue weighted by Gasteiger charge is -2.29. The van der Waals surface area contributed by atoms with E-state index in [2.05, 4.69) is 9.62 Å². The standard InChI is InChI=1S/C14H21ClN2O4S2/c1-17-7-3-4-11(10-17)9-16-23(20,21)14-8-12(22(2,18)19)5-6-13(14)15/h5-6,8,11,16H,3-4,7,9-10H2,1-2H3. The summed E-state index contributed by atoms with van der Waals surface area (Å²) in [7, 11) is -5.35. The van der Waals surface area contributed by atoms with Crippen LogP contribution in [0.1, 0.15) is 12.8 Å². The molecule has 0 bridgehead atoms. The molecule has 1 fully saturated rings. The zero-order valence-corrected chi connectivity index (χ0v) is 15.5. The number of likely N-dealkylation sites (tertiary alicyclic amines) is 1. The maximum Gasteiger partial charge on any atom is 0.242 e. The van der Waals surface area contributed by atoms with Gasteiger partial charge in [0.05, 0.1) is 9.92 Å². The van der Waals surface area contributed by atoms with Gasteiger partial charge in [0.15, 0.2) is 9.84 Å². The van der Waals surface area contributed by atoms with Crippen LogP contribution in [0.3, 0.4) is 0 Å². The van der Waals surface area contributed by atoms with Crippen LogP contribution in [-0.4, -0.2) is 54.7 Å². The number of hydrogen-bond donors (Lipinski definition) is 1. The first kappa shape index (κ1) is 18.7. The molecule has 1 N–H and O–H groups in total. The fourth-order valence-corrected chi connectivity index (χ4v) is 5.03. The van der Waals surface area contributed by atoms with Crippen LogP contribution >= 0.6 is 11.6 Å². The Hall–Kier alpha value is -0.670. The number of sulfone groups is 1. The third-order valence-electron chi connectivity index (χ3n) is 3.90. The van der Waals surface area contributed by atoms with E-state index in [0.29, 0.717) is 6.54 Å². The van der Waals surface area contributed by atoms with Crippen LogP contribution in [-0.2, 0) is 19.9 Å². The minimum absolute atomic E-state index is 0.00524. The molecule has 1 saturated heterocycles. The summed E-state index contributed by atoms with van der Waals surface area (Å²) in [5.41, 5.74) is 0. The molecule has 1 aromatic rings. The van der Waals surface area contributed by atoms with Crippen molar-refractivity contribution in [3.8, 4) is 0 Å². The third kappa shape index (κ3) is 4.90. The normalized spacial score (nSPS) is 20.6. The highest BCUT2D eigenvalue weighted by Gasteiger charge is 2.23. The monoisotopic (exact) mass is 380 g/mol. The minimum Gasteiger partial charge on any atom is -0.306 e. The maximum absolute atomic E-state index is 12.5. The van der Waals surface area contributed by atoms with Gasteiger partial charge in [0, 0.05) is 19.3 Å². The molecule has 1 aliphatic heterocycles. The second-order valence-electron chi connectivity index (χ2n) is 5.99. The Bertz CT molecular complexity index is 778. The van der Waals surface area contributed by atoms with Crippen LogP contribution in [0, 0.1) is 5.92 Å².